The van der Waals surface area contributed by atoms with E-state index in [0.717, 1.165) is 17.2 Å². The molecule has 19 heavy (non-hydrogen) atoms. The topological polar surface area (TPSA) is 35.2 Å². The highest BCUT2D eigenvalue weighted by molar-refractivity contribution is 5.33. The summed E-state index contributed by atoms with van der Waals surface area (Å²) in [7, 11) is 0. The molecule has 0 aromatic heterocycles. The van der Waals surface area contributed by atoms with Crippen molar-refractivity contribution in [2.24, 2.45) is 23.5 Å². The summed E-state index contributed by atoms with van der Waals surface area (Å²) in [6.07, 6.45) is 4.13. The Morgan fingerprint density at radius 1 is 1.26 bits per heavy atom. The second-order valence-corrected chi connectivity index (χ2v) is 6.29. The quantitative estimate of drug-likeness (QED) is 0.889. The van der Waals surface area contributed by atoms with Gasteiger partial charge in [-0.2, -0.15) is 0 Å². The minimum atomic E-state index is 0.344. The summed E-state index contributed by atoms with van der Waals surface area (Å²) in [5.74, 6) is 3.10. The first-order valence-corrected chi connectivity index (χ1v) is 7.56. The molecule has 0 amide bonds. The maximum Gasteiger partial charge on any atom is 0.124 e. The average Bonchev–Trinajstić information content (AvgIpc) is 2.39. The Morgan fingerprint density at radius 2 is 2.00 bits per heavy atom. The van der Waals surface area contributed by atoms with Crippen molar-refractivity contribution in [3.63, 3.8) is 0 Å². The molecule has 1 aromatic rings. The largest absolute Gasteiger partial charge is 0.490 e. The van der Waals surface area contributed by atoms with Crippen LogP contribution in [0.15, 0.2) is 24.3 Å². The van der Waals surface area contributed by atoms with Crippen molar-refractivity contribution in [2.75, 3.05) is 0 Å². The van der Waals surface area contributed by atoms with E-state index in [1.807, 2.05) is 12.1 Å². The van der Waals surface area contributed by atoms with Crippen LogP contribution in [0.5, 0.6) is 5.75 Å². The van der Waals surface area contributed by atoms with E-state index in [9.17, 15) is 0 Å². The molecule has 0 spiro atoms. The average molecular weight is 261 g/mol. The van der Waals surface area contributed by atoms with Gasteiger partial charge in [0.2, 0.25) is 0 Å². The first-order valence-electron chi connectivity index (χ1n) is 7.56. The van der Waals surface area contributed by atoms with Crippen LogP contribution in [0.4, 0.5) is 0 Å². The Hall–Kier alpha value is -1.02. The fourth-order valence-corrected chi connectivity index (χ4v) is 3.20. The van der Waals surface area contributed by atoms with Gasteiger partial charge in [-0.05, 0) is 36.7 Å². The number of rotatable bonds is 4. The van der Waals surface area contributed by atoms with Crippen molar-refractivity contribution in [1.29, 1.82) is 0 Å². The van der Waals surface area contributed by atoms with Crippen LogP contribution in [0.3, 0.4) is 0 Å². The van der Waals surface area contributed by atoms with Crippen molar-refractivity contribution in [1.82, 2.24) is 0 Å². The van der Waals surface area contributed by atoms with Gasteiger partial charge in [-0.3, -0.25) is 0 Å². The normalized spacial score (nSPS) is 27.5. The highest BCUT2D eigenvalue weighted by Crippen LogP contribution is 2.36. The molecule has 2 N–H and O–H groups in total. The van der Waals surface area contributed by atoms with Crippen LogP contribution in [-0.2, 0) is 6.54 Å². The molecule has 0 aliphatic heterocycles. The zero-order chi connectivity index (χ0) is 13.8. The fraction of sp³-hybridized carbons (Fsp3) is 0.647. The third-order valence-corrected chi connectivity index (χ3v) is 4.43. The zero-order valence-corrected chi connectivity index (χ0v) is 12.4. The van der Waals surface area contributed by atoms with Crippen LogP contribution in [-0.4, -0.2) is 6.10 Å². The summed E-state index contributed by atoms with van der Waals surface area (Å²) in [6, 6.07) is 8.18. The van der Waals surface area contributed by atoms with Gasteiger partial charge >= 0.3 is 0 Å². The lowest BCUT2D eigenvalue weighted by molar-refractivity contribution is 0.0453. The van der Waals surface area contributed by atoms with Gasteiger partial charge in [0.1, 0.15) is 11.9 Å². The van der Waals surface area contributed by atoms with Crippen molar-refractivity contribution in [3.05, 3.63) is 29.8 Å². The van der Waals surface area contributed by atoms with Gasteiger partial charge in [0.15, 0.2) is 0 Å². The van der Waals surface area contributed by atoms with E-state index in [1.165, 1.54) is 19.3 Å². The van der Waals surface area contributed by atoms with Crippen LogP contribution < -0.4 is 10.5 Å². The second-order valence-electron chi connectivity index (χ2n) is 6.29. The van der Waals surface area contributed by atoms with Gasteiger partial charge in [-0.25, -0.2) is 0 Å². The molecule has 2 rings (SSSR count). The molecular weight excluding hydrogens is 234 g/mol. The Balaban J connectivity index is 2.14. The van der Waals surface area contributed by atoms with Gasteiger partial charge in [-0.15, -0.1) is 0 Å². The molecule has 2 nitrogen and oxygen atoms in total. The molecule has 106 valence electrons. The molecular formula is C17H27NO. The second kappa shape index (κ2) is 6.42. The van der Waals surface area contributed by atoms with E-state index in [4.69, 9.17) is 10.5 Å². The number of benzene rings is 1. The van der Waals surface area contributed by atoms with Gasteiger partial charge in [0.05, 0.1) is 0 Å². The van der Waals surface area contributed by atoms with Crippen molar-refractivity contribution in [3.8, 4) is 5.75 Å². The molecule has 1 saturated carbocycles. The molecule has 0 heterocycles. The Kier molecular flexibility index (Phi) is 4.87. The van der Waals surface area contributed by atoms with Crippen LogP contribution in [0, 0.1) is 17.8 Å². The molecule has 0 unspecified atom stereocenters. The molecule has 3 atom stereocenters. The summed E-state index contributed by atoms with van der Waals surface area (Å²) in [6.45, 7) is 7.50. The van der Waals surface area contributed by atoms with Gasteiger partial charge in [0.25, 0.3) is 0 Å². The summed E-state index contributed by atoms with van der Waals surface area (Å²) >= 11 is 0. The minimum absolute atomic E-state index is 0.344. The zero-order valence-electron chi connectivity index (χ0n) is 12.4. The van der Waals surface area contributed by atoms with Gasteiger partial charge in [-0.1, -0.05) is 45.4 Å². The maximum atomic E-state index is 6.34. The van der Waals surface area contributed by atoms with Crippen LogP contribution in [0.2, 0.25) is 0 Å². The predicted octanol–water partition coefficient (Wildman–Crippen LogP) is 3.98. The summed E-state index contributed by atoms with van der Waals surface area (Å²) in [5, 5.41) is 0. The summed E-state index contributed by atoms with van der Waals surface area (Å²) in [4.78, 5) is 0. The van der Waals surface area contributed by atoms with Crippen LogP contribution >= 0.6 is 0 Å². The SMILES string of the molecule is CC(C)[C@H]1CC[C@H](C)C[C@@H]1Oc1ccccc1CN. The third kappa shape index (κ3) is 3.50. The number of nitrogens with two attached hydrogens (primary N) is 1. The Labute approximate surface area is 117 Å². The third-order valence-electron chi connectivity index (χ3n) is 4.43. The number of hydrogen-bond donors (Lipinski definition) is 1. The van der Waals surface area contributed by atoms with Crippen LogP contribution in [0.1, 0.15) is 45.6 Å². The molecule has 1 aromatic carbocycles. The molecule has 1 fully saturated rings. The Morgan fingerprint density at radius 3 is 2.68 bits per heavy atom. The molecule has 0 radical (unpaired) electrons. The smallest absolute Gasteiger partial charge is 0.124 e. The molecule has 0 saturated heterocycles. The highest BCUT2D eigenvalue weighted by Gasteiger charge is 2.32. The number of hydrogen-bond acceptors (Lipinski definition) is 2. The lowest BCUT2D eigenvalue weighted by atomic mass is 9.75. The lowest BCUT2D eigenvalue weighted by Crippen LogP contribution is -2.36. The monoisotopic (exact) mass is 261 g/mol. The summed E-state index contributed by atoms with van der Waals surface area (Å²) in [5.41, 5.74) is 6.91. The van der Waals surface area contributed by atoms with E-state index in [1.54, 1.807) is 0 Å². The van der Waals surface area contributed by atoms with E-state index in [0.29, 0.717) is 24.5 Å². The van der Waals surface area contributed by atoms with Crippen LogP contribution in [0.25, 0.3) is 0 Å². The van der Waals surface area contributed by atoms with E-state index in [-0.39, 0.29) is 0 Å². The standard InChI is InChI=1S/C17H27NO/c1-12(2)15-9-8-13(3)10-17(15)19-16-7-5-4-6-14(16)11-18/h4-7,12-13,15,17H,8-11,18H2,1-3H3/t13-,15+,17-/m0/s1. The van der Waals surface area contributed by atoms with Gasteiger partial charge in [0, 0.05) is 12.1 Å². The first kappa shape index (κ1) is 14.4. The lowest BCUT2D eigenvalue weighted by Gasteiger charge is -2.37. The van der Waals surface area contributed by atoms with Crippen molar-refractivity contribution >= 4 is 0 Å². The van der Waals surface area contributed by atoms with Crippen molar-refractivity contribution < 1.29 is 4.74 Å². The number of ether oxygens (including phenoxy) is 1. The van der Waals surface area contributed by atoms with Gasteiger partial charge < -0.3 is 10.5 Å². The molecule has 0 bridgehead atoms. The van der Waals surface area contributed by atoms with E-state index in [2.05, 4.69) is 32.9 Å². The maximum absolute atomic E-state index is 6.34. The van der Waals surface area contributed by atoms with Crippen molar-refractivity contribution in [2.45, 2.75) is 52.7 Å². The molecule has 2 heteroatoms. The predicted molar refractivity (Wildman–Crippen MR) is 80.1 cm³/mol. The molecule has 1 aliphatic rings. The minimum Gasteiger partial charge on any atom is -0.490 e. The first-order chi connectivity index (χ1) is 9.11. The Bertz CT molecular complexity index is 402. The number of para-hydroxylation sites is 1. The fourth-order valence-electron chi connectivity index (χ4n) is 3.20. The highest BCUT2D eigenvalue weighted by atomic mass is 16.5. The summed E-state index contributed by atoms with van der Waals surface area (Å²) < 4.78 is 6.34. The van der Waals surface area contributed by atoms with E-state index >= 15 is 0 Å². The van der Waals surface area contributed by atoms with E-state index < -0.39 is 0 Å². The molecule has 1 aliphatic carbocycles.